The van der Waals surface area contributed by atoms with E-state index in [1.54, 1.807) is 0 Å². The highest BCUT2D eigenvalue weighted by Crippen LogP contribution is 2.10. The molecule has 0 saturated heterocycles. The fourth-order valence-electron chi connectivity index (χ4n) is 1.64. The summed E-state index contributed by atoms with van der Waals surface area (Å²) in [6.07, 6.45) is 1.43. The second-order valence-corrected chi connectivity index (χ2v) is 4.00. The number of nitrogens with zero attached hydrogens (tertiary/aromatic N) is 3. The van der Waals surface area contributed by atoms with Gasteiger partial charge in [-0.1, -0.05) is 30.3 Å². The molecule has 3 N–H and O–H groups in total. The number of nitrogen functional groups attached to an aromatic ring is 1. The van der Waals surface area contributed by atoms with Crippen LogP contribution in [0.25, 0.3) is 0 Å². The van der Waals surface area contributed by atoms with Crippen LogP contribution in [0.15, 0.2) is 36.7 Å². The maximum Gasteiger partial charge on any atom is 0.242 e. The third kappa shape index (κ3) is 3.07. The van der Waals surface area contributed by atoms with Gasteiger partial charge in [-0.25, -0.2) is 9.67 Å². The van der Waals surface area contributed by atoms with E-state index >= 15 is 0 Å². The summed E-state index contributed by atoms with van der Waals surface area (Å²) in [6.45, 7) is 2.05. The first-order chi connectivity index (χ1) is 8.65. The quantitative estimate of drug-likeness (QED) is 0.831. The van der Waals surface area contributed by atoms with Gasteiger partial charge in [0.15, 0.2) is 0 Å². The monoisotopic (exact) mass is 245 g/mol. The minimum atomic E-state index is -0.128. The second kappa shape index (κ2) is 5.31. The molecule has 1 heterocycles. The highest BCUT2D eigenvalue weighted by atomic mass is 16.2. The van der Waals surface area contributed by atoms with Crippen LogP contribution in [0.1, 0.15) is 18.5 Å². The van der Waals surface area contributed by atoms with Crippen molar-refractivity contribution in [2.45, 2.75) is 19.5 Å². The van der Waals surface area contributed by atoms with Gasteiger partial charge in [0.05, 0.1) is 6.04 Å². The van der Waals surface area contributed by atoms with Crippen molar-refractivity contribution in [3.05, 3.63) is 42.2 Å². The number of nitrogens with two attached hydrogens (primary N) is 1. The Morgan fingerprint density at radius 3 is 2.78 bits per heavy atom. The van der Waals surface area contributed by atoms with Crippen LogP contribution in [0.5, 0.6) is 0 Å². The summed E-state index contributed by atoms with van der Waals surface area (Å²) in [5, 5.41) is 6.74. The second-order valence-electron chi connectivity index (χ2n) is 4.00. The van der Waals surface area contributed by atoms with Gasteiger partial charge in [0.25, 0.3) is 0 Å². The third-order valence-electron chi connectivity index (χ3n) is 2.54. The van der Waals surface area contributed by atoms with Crippen molar-refractivity contribution in [1.82, 2.24) is 20.1 Å². The van der Waals surface area contributed by atoms with Crippen LogP contribution in [-0.4, -0.2) is 20.7 Å². The number of carbonyl (C=O) groups excluding carboxylic acids is 1. The number of hydrogen-bond donors (Lipinski definition) is 2. The van der Waals surface area contributed by atoms with Gasteiger partial charge in [0.2, 0.25) is 11.9 Å². The highest BCUT2D eigenvalue weighted by Gasteiger charge is 2.10. The summed E-state index contributed by atoms with van der Waals surface area (Å²) >= 11 is 0. The van der Waals surface area contributed by atoms with Gasteiger partial charge >= 0.3 is 0 Å². The van der Waals surface area contributed by atoms with E-state index in [0.717, 1.165) is 5.56 Å². The van der Waals surface area contributed by atoms with Gasteiger partial charge in [-0.05, 0) is 12.5 Å². The number of hydrogen-bond acceptors (Lipinski definition) is 4. The molecule has 1 unspecified atom stereocenters. The largest absolute Gasteiger partial charge is 0.367 e. The van der Waals surface area contributed by atoms with Crippen molar-refractivity contribution in [2.75, 3.05) is 5.73 Å². The number of aromatic nitrogens is 3. The summed E-state index contributed by atoms with van der Waals surface area (Å²) in [7, 11) is 0. The van der Waals surface area contributed by atoms with E-state index in [4.69, 9.17) is 5.73 Å². The summed E-state index contributed by atoms with van der Waals surface area (Å²) < 4.78 is 1.41. The molecule has 0 saturated carbocycles. The molecule has 1 aromatic carbocycles. The lowest BCUT2D eigenvalue weighted by Crippen LogP contribution is -2.30. The Kier molecular flexibility index (Phi) is 3.57. The fourth-order valence-corrected chi connectivity index (χ4v) is 1.64. The first-order valence-electron chi connectivity index (χ1n) is 5.64. The molecule has 1 amide bonds. The Bertz CT molecular complexity index is 522. The molecular weight excluding hydrogens is 230 g/mol. The number of nitrogens with one attached hydrogen (secondary N) is 1. The van der Waals surface area contributed by atoms with Gasteiger partial charge in [0, 0.05) is 0 Å². The zero-order valence-corrected chi connectivity index (χ0v) is 10.1. The lowest BCUT2D eigenvalue weighted by Gasteiger charge is -2.13. The van der Waals surface area contributed by atoms with Crippen LogP contribution in [0.2, 0.25) is 0 Å². The first kappa shape index (κ1) is 12.1. The lowest BCUT2D eigenvalue weighted by molar-refractivity contribution is -0.122. The molecule has 6 nitrogen and oxygen atoms in total. The molecule has 2 rings (SSSR count). The van der Waals surface area contributed by atoms with Gasteiger partial charge in [-0.3, -0.25) is 4.79 Å². The normalized spacial score (nSPS) is 12.1. The molecular formula is C12H15N5O. The number of amides is 1. The maximum atomic E-state index is 11.8. The molecule has 1 aromatic heterocycles. The summed E-state index contributed by atoms with van der Waals surface area (Å²) in [5.74, 6) is 0.0372. The van der Waals surface area contributed by atoms with E-state index in [1.165, 1.54) is 11.0 Å². The number of anilines is 1. The van der Waals surface area contributed by atoms with Crippen molar-refractivity contribution in [3.63, 3.8) is 0 Å². The van der Waals surface area contributed by atoms with E-state index < -0.39 is 0 Å². The minimum Gasteiger partial charge on any atom is -0.367 e. The summed E-state index contributed by atoms with van der Waals surface area (Å²) in [5.41, 5.74) is 6.43. The maximum absolute atomic E-state index is 11.8. The van der Waals surface area contributed by atoms with Crippen LogP contribution in [0, 0.1) is 0 Å². The van der Waals surface area contributed by atoms with E-state index in [1.807, 2.05) is 37.3 Å². The zero-order chi connectivity index (χ0) is 13.0. The number of carbonyl (C=O) groups is 1. The van der Waals surface area contributed by atoms with Crippen LogP contribution in [0.4, 0.5) is 5.95 Å². The zero-order valence-electron chi connectivity index (χ0n) is 10.1. The van der Waals surface area contributed by atoms with Crippen LogP contribution >= 0.6 is 0 Å². The standard InChI is InChI=1S/C12H15N5O/c1-9(10-5-3-2-4-6-10)15-11(18)7-17-8-14-12(13)16-17/h2-6,8-9H,7H2,1H3,(H2,13,16)(H,15,18). The van der Waals surface area contributed by atoms with E-state index in [2.05, 4.69) is 15.4 Å². The highest BCUT2D eigenvalue weighted by molar-refractivity contribution is 5.76. The van der Waals surface area contributed by atoms with Crippen molar-refractivity contribution in [3.8, 4) is 0 Å². The predicted octanol–water partition coefficient (Wildman–Crippen LogP) is 0.738. The molecule has 0 spiro atoms. The van der Waals surface area contributed by atoms with Gasteiger partial charge in [0.1, 0.15) is 12.9 Å². The fraction of sp³-hybridized carbons (Fsp3) is 0.250. The molecule has 0 radical (unpaired) electrons. The average molecular weight is 245 g/mol. The molecule has 0 bridgehead atoms. The Balaban J connectivity index is 1.92. The Labute approximate surface area is 105 Å². The molecule has 0 fully saturated rings. The van der Waals surface area contributed by atoms with E-state index in [9.17, 15) is 4.79 Å². The van der Waals surface area contributed by atoms with Gasteiger partial charge < -0.3 is 11.1 Å². The van der Waals surface area contributed by atoms with Crippen molar-refractivity contribution in [2.24, 2.45) is 0 Å². The minimum absolute atomic E-state index is 0.0421. The van der Waals surface area contributed by atoms with Crippen LogP contribution in [0.3, 0.4) is 0 Å². The van der Waals surface area contributed by atoms with Crippen molar-refractivity contribution < 1.29 is 4.79 Å². The van der Waals surface area contributed by atoms with Crippen molar-refractivity contribution in [1.29, 1.82) is 0 Å². The molecule has 0 aliphatic rings. The Morgan fingerprint density at radius 1 is 1.44 bits per heavy atom. The summed E-state index contributed by atoms with van der Waals surface area (Å²) in [6, 6.07) is 9.72. The lowest BCUT2D eigenvalue weighted by atomic mass is 10.1. The van der Waals surface area contributed by atoms with E-state index in [0.29, 0.717) is 0 Å². The SMILES string of the molecule is CC(NC(=O)Cn1cnc(N)n1)c1ccccc1. The predicted molar refractivity (Wildman–Crippen MR) is 67.4 cm³/mol. The van der Waals surface area contributed by atoms with Crippen LogP contribution in [-0.2, 0) is 11.3 Å². The Morgan fingerprint density at radius 2 is 2.17 bits per heavy atom. The molecule has 1 atom stereocenters. The molecule has 6 heteroatoms. The average Bonchev–Trinajstić information content (AvgIpc) is 2.75. The topological polar surface area (TPSA) is 85.8 Å². The molecule has 0 aliphatic carbocycles. The Hall–Kier alpha value is -2.37. The molecule has 0 aliphatic heterocycles. The van der Waals surface area contributed by atoms with Crippen LogP contribution < -0.4 is 11.1 Å². The third-order valence-corrected chi connectivity index (χ3v) is 2.54. The van der Waals surface area contributed by atoms with Crippen molar-refractivity contribution >= 4 is 11.9 Å². The smallest absolute Gasteiger partial charge is 0.242 e. The summed E-state index contributed by atoms with van der Waals surface area (Å²) in [4.78, 5) is 15.5. The van der Waals surface area contributed by atoms with E-state index in [-0.39, 0.29) is 24.4 Å². The molecule has 94 valence electrons. The van der Waals surface area contributed by atoms with Gasteiger partial charge in [-0.2, -0.15) is 0 Å². The number of benzene rings is 1. The first-order valence-corrected chi connectivity index (χ1v) is 5.64. The molecule has 2 aromatic rings. The number of rotatable bonds is 4. The molecule has 18 heavy (non-hydrogen) atoms. The van der Waals surface area contributed by atoms with Gasteiger partial charge in [-0.15, -0.1) is 5.10 Å².